The van der Waals surface area contributed by atoms with E-state index in [4.69, 9.17) is 9.47 Å². The standard InChI is InChI=1S/C28H34N4O5S/c33-23-5-7-25(8-6-23)37-19-24(34)18-29-21-9-11-31(12-10-21)22-3-1-20(2-4-22)17-26-27(35)30-28(38-26)32-13-15-36-16-14-32/h1-8,17,21,24,29,33-34H,9-16,18-19H2/b26-17-. The molecule has 38 heavy (non-hydrogen) atoms. The van der Waals surface area contributed by atoms with Crippen LogP contribution in [0.15, 0.2) is 58.4 Å². The molecule has 3 heterocycles. The quantitative estimate of drug-likeness (QED) is 0.438. The molecular weight excluding hydrogens is 504 g/mol. The highest BCUT2D eigenvalue weighted by Gasteiger charge is 2.27. The monoisotopic (exact) mass is 538 g/mol. The third kappa shape index (κ3) is 7.08. The number of ether oxygens (including phenoxy) is 2. The number of nitrogens with zero attached hydrogens (tertiary/aromatic N) is 3. The molecule has 1 amide bonds. The number of benzene rings is 2. The first-order chi connectivity index (χ1) is 18.5. The Balaban J connectivity index is 1.04. The zero-order chi connectivity index (χ0) is 26.3. The number of morpholine rings is 1. The van der Waals surface area contributed by atoms with Crippen LogP contribution >= 0.6 is 11.8 Å². The highest BCUT2D eigenvalue weighted by Crippen LogP contribution is 2.31. The summed E-state index contributed by atoms with van der Waals surface area (Å²) in [4.78, 5) is 21.8. The summed E-state index contributed by atoms with van der Waals surface area (Å²) in [6.07, 6.45) is 3.29. The normalized spacial score (nSPS) is 20.6. The lowest BCUT2D eigenvalue weighted by molar-refractivity contribution is -0.113. The summed E-state index contributed by atoms with van der Waals surface area (Å²) in [6.45, 7) is 5.41. The molecule has 2 saturated heterocycles. The Morgan fingerprint density at radius 2 is 1.76 bits per heavy atom. The van der Waals surface area contributed by atoms with Gasteiger partial charge in [0.2, 0.25) is 0 Å². The number of amides is 1. The minimum atomic E-state index is -0.608. The van der Waals surface area contributed by atoms with Gasteiger partial charge in [0, 0.05) is 44.5 Å². The van der Waals surface area contributed by atoms with Crippen molar-refractivity contribution in [3.05, 3.63) is 59.0 Å². The van der Waals surface area contributed by atoms with Crippen molar-refractivity contribution in [3.8, 4) is 11.5 Å². The zero-order valence-electron chi connectivity index (χ0n) is 21.3. The number of anilines is 1. The molecule has 0 bridgehead atoms. The van der Waals surface area contributed by atoms with Gasteiger partial charge < -0.3 is 34.8 Å². The van der Waals surface area contributed by atoms with Crippen LogP contribution in [0.5, 0.6) is 11.5 Å². The van der Waals surface area contributed by atoms with Crippen molar-refractivity contribution >= 4 is 34.6 Å². The smallest absolute Gasteiger partial charge is 0.286 e. The second-order valence-corrected chi connectivity index (χ2v) is 10.6. The van der Waals surface area contributed by atoms with Gasteiger partial charge in [-0.15, -0.1) is 0 Å². The lowest BCUT2D eigenvalue weighted by Crippen LogP contribution is -2.45. The largest absolute Gasteiger partial charge is 0.508 e. The molecule has 0 spiro atoms. The zero-order valence-corrected chi connectivity index (χ0v) is 22.1. The van der Waals surface area contributed by atoms with Gasteiger partial charge >= 0.3 is 0 Å². The number of thioether (sulfide) groups is 1. The molecule has 2 fully saturated rings. The van der Waals surface area contributed by atoms with Crippen LogP contribution in [-0.4, -0.2) is 90.9 Å². The van der Waals surface area contributed by atoms with Crippen LogP contribution in [0.25, 0.3) is 6.08 Å². The Morgan fingerprint density at radius 3 is 2.47 bits per heavy atom. The van der Waals surface area contributed by atoms with Crippen molar-refractivity contribution in [2.45, 2.75) is 25.0 Å². The number of aliphatic imine (C=N–C) groups is 1. The molecule has 10 heteroatoms. The SMILES string of the molecule is O=C1N=C(N2CCOCC2)S/C1=C\c1ccc(N2CCC(NCC(O)COc3ccc(O)cc3)CC2)cc1. The van der Waals surface area contributed by atoms with E-state index in [0.29, 0.717) is 36.5 Å². The van der Waals surface area contributed by atoms with Crippen molar-refractivity contribution < 1.29 is 24.5 Å². The number of aliphatic hydroxyl groups is 1. The number of phenols is 1. The highest BCUT2D eigenvalue weighted by molar-refractivity contribution is 8.18. The highest BCUT2D eigenvalue weighted by atomic mass is 32.2. The van der Waals surface area contributed by atoms with E-state index in [1.54, 1.807) is 24.3 Å². The predicted octanol–water partition coefficient (Wildman–Crippen LogP) is 2.69. The molecule has 3 N–H and O–H groups in total. The maximum absolute atomic E-state index is 12.4. The molecule has 0 aromatic heterocycles. The molecule has 1 unspecified atom stereocenters. The number of aliphatic hydroxyl groups excluding tert-OH is 1. The number of hydrogen-bond acceptors (Lipinski definition) is 9. The third-order valence-corrected chi connectivity index (χ3v) is 7.91. The molecular formula is C28H34N4O5S. The molecule has 0 radical (unpaired) electrons. The van der Waals surface area contributed by atoms with Crippen molar-refractivity contribution in [3.63, 3.8) is 0 Å². The molecule has 3 aliphatic heterocycles. The molecule has 202 valence electrons. The fourth-order valence-electron chi connectivity index (χ4n) is 4.66. The molecule has 5 rings (SSSR count). The Morgan fingerprint density at radius 1 is 1.05 bits per heavy atom. The fraction of sp³-hybridized carbons (Fsp3) is 0.429. The number of aromatic hydroxyl groups is 1. The predicted molar refractivity (Wildman–Crippen MR) is 150 cm³/mol. The number of carbonyl (C=O) groups is 1. The summed E-state index contributed by atoms with van der Waals surface area (Å²) in [7, 11) is 0. The van der Waals surface area contributed by atoms with Crippen LogP contribution in [-0.2, 0) is 9.53 Å². The van der Waals surface area contributed by atoms with Crippen LogP contribution in [0, 0.1) is 0 Å². The van der Waals surface area contributed by atoms with E-state index in [-0.39, 0.29) is 18.3 Å². The van der Waals surface area contributed by atoms with Gasteiger partial charge in [0.05, 0.1) is 18.1 Å². The first-order valence-corrected chi connectivity index (χ1v) is 13.9. The van der Waals surface area contributed by atoms with Gasteiger partial charge in [0.1, 0.15) is 24.2 Å². The number of hydrogen-bond donors (Lipinski definition) is 3. The minimum absolute atomic E-state index is 0.174. The summed E-state index contributed by atoms with van der Waals surface area (Å²) in [5.41, 5.74) is 2.16. The Bertz CT molecular complexity index is 1140. The maximum Gasteiger partial charge on any atom is 0.286 e. The van der Waals surface area contributed by atoms with Gasteiger partial charge in [-0.3, -0.25) is 4.79 Å². The van der Waals surface area contributed by atoms with E-state index in [9.17, 15) is 15.0 Å². The number of piperidine rings is 1. The maximum atomic E-state index is 12.4. The van der Waals surface area contributed by atoms with Crippen molar-refractivity contribution in [1.82, 2.24) is 10.2 Å². The minimum Gasteiger partial charge on any atom is -0.508 e. The van der Waals surface area contributed by atoms with Crippen molar-refractivity contribution in [1.29, 1.82) is 0 Å². The van der Waals surface area contributed by atoms with Gasteiger partial charge in [0.25, 0.3) is 5.91 Å². The van der Waals surface area contributed by atoms with E-state index in [2.05, 4.69) is 44.4 Å². The summed E-state index contributed by atoms with van der Waals surface area (Å²) >= 11 is 1.44. The van der Waals surface area contributed by atoms with Gasteiger partial charge in [-0.1, -0.05) is 12.1 Å². The lowest BCUT2D eigenvalue weighted by atomic mass is 10.0. The van der Waals surface area contributed by atoms with Crippen molar-refractivity contribution in [2.75, 3.05) is 57.4 Å². The summed E-state index contributed by atoms with van der Waals surface area (Å²) in [5.74, 6) is 0.636. The second kappa shape index (κ2) is 12.7. The van der Waals surface area contributed by atoms with E-state index in [1.165, 1.54) is 17.4 Å². The average Bonchev–Trinajstić information content (AvgIpc) is 3.32. The van der Waals surface area contributed by atoms with Crippen LogP contribution < -0.4 is 15.0 Å². The summed E-state index contributed by atoms with van der Waals surface area (Å²) < 4.78 is 11.0. The summed E-state index contributed by atoms with van der Waals surface area (Å²) in [6, 6.07) is 15.2. The molecule has 2 aromatic carbocycles. The Labute approximate surface area is 227 Å². The molecule has 2 aromatic rings. The van der Waals surface area contributed by atoms with Crippen LogP contribution in [0.1, 0.15) is 18.4 Å². The van der Waals surface area contributed by atoms with Crippen LogP contribution in [0.3, 0.4) is 0 Å². The van der Waals surface area contributed by atoms with Gasteiger partial charge in [-0.05, 0) is 72.6 Å². The van der Waals surface area contributed by atoms with Gasteiger partial charge in [-0.25, -0.2) is 0 Å². The van der Waals surface area contributed by atoms with E-state index in [1.807, 2.05) is 6.08 Å². The van der Waals surface area contributed by atoms with E-state index in [0.717, 1.165) is 49.8 Å². The lowest BCUT2D eigenvalue weighted by Gasteiger charge is -2.34. The number of carbonyl (C=O) groups excluding carboxylic acids is 1. The number of nitrogens with one attached hydrogen (secondary N) is 1. The topological polar surface area (TPSA) is 107 Å². The Hall–Kier alpha value is -3.05. The molecule has 0 aliphatic carbocycles. The molecule has 9 nitrogen and oxygen atoms in total. The molecule has 1 atom stereocenters. The van der Waals surface area contributed by atoms with E-state index < -0.39 is 6.10 Å². The first kappa shape index (κ1) is 26.6. The van der Waals surface area contributed by atoms with Crippen LogP contribution in [0.4, 0.5) is 5.69 Å². The fourth-order valence-corrected chi connectivity index (χ4v) is 5.62. The number of amidine groups is 1. The first-order valence-electron chi connectivity index (χ1n) is 13.1. The number of rotatable bonds is 8. The molecule has 0 saturated carbocycles. The summed E-state index contributed by atoms with van der Waals surface area (Å²) in [5, 5.41) is 23.8. The Kier molecular flexibility index (Phi) is 8.85. The van der Waals surface area contributed by atoms with E-state index >= 15 is 0 Å². The van der Waals surface area contributed by atoms with Gasteiger partial charge in [-0.2, -0.15) is 4.99 Å². The van der Waals surface area contributed by atoms with Gasteiger partial charge in [0.15, 0.2) is 5.17 Å². The number of phenolic OH excluding ortho intramolecular Hbond substituents is 1. The van der Waals surface area contributed by atoms with Crippen LogP contribution in [0.2, 0.25) is 0 Å². The third-order valence-electron chi connectivity index (χ3n) is 6.86. The second-order valence-electron chi connectivity index (χ2n) is 9.63. The van der Waals surface area contributed by atoms with Crippen molar-refractivity contribution in [2.24, 2.45) is 4.99 Å². The average molecular weight is 539 g/mol. The molecule has 3 aliphatic rings.